The summed E-state index contributed by atoms with van der Waals surface area (Å²) in [6, 6.07) is 0.601. The summed E-state index contributed by atoms with van der Waals surface area (Å²) in [5.41, 5.74) is 0.181. The first-order chi connectivity index (χ1) is 7.39. The van der Waals surface area contributed by atoms with Gasteiger partial charge in [-0.3, -0.25) is 4.90 Å². The lowest BCUT2D eigenvalue weighted by Crippen LogP contribution is -2.72. The van der Waals surface area contributed by atoms with Gasteiger partial charge in [-0.05, 0) is 19.4 Å². The van der Waals surface area contributed by atoms with Gasteiger partial charge in [-0.1, -0.05) is 20.8 Å². The van der Waals surface area contributed by atoms with E-state index in [1.807, 2.05) is 0 Å². The first-order valence-electron chi connectivity index (χ1n) is 6.37. The second-order valence-electron chi connectivity index (χ2n) is 6.75. The number of likely N-dealkylation sites (N-methyl/N-ethyl adjacent to an activating group) is 1. The third-order valence-electron chi connectivity index (χ3n) is 5.11. The maximum absolute atomic E-state index is 6.19. The molecule has 0 saturated carbocycles. The highest BCUT2D eigenvalue weighted by Crippen LogP contribution is 2.57. The minimum atomic E-state index is -0.0859. The smallest absolute Gasteiger partial charge is 0.154 e. The molecule has 92 valence electrons. The molecule has 1 spiro atoms. The van der Waals surface area contributed by atoms with E-state index < -0.39 is 0 Å². The van der Waals surface area contributed by atoms with Crippen LogP contribution < -0.4 is 0 Å². The van der Waals surface area contributed by atoms with Crippen LogP contribution in [0.5, 0.6) is 0 Å². The molecule has 3 heterocycles. The summed E-state index contributed by atoms with van der Waals surface area (Å²) < 4.78 is 12.3. The van der Waals surface area contributed by atoms with Crippen molar-refractivity contribution in [2.24, 2.45) is 17.3 Å². The van der Waals surface area contributed by atoms with E-state index in [0.29, 0.717) is 17.9 Å². The van der Waals surface area contributed by atoms with Crippen LogP contribution in [0.25, 0.3) is 0 Å². The van der Waals surface area contributed by atoms with Crippen LogP contribution in [-0.4, -0.2) is 43.0 Å². The summed E-state index contributed by atoms with van der Waals surface area (Å²) in [5, 5.41) is 0. The molecule has 3 aliphatic heterocycles. The molecule has 16 heavy (non-hydrogen) atoms. The average Bonchev–Trinajstić information content (AvgIpc) is 2.69. The van der Waals surface area contributed by atoms with Crippen LogP contribution in [0.3, 0.4) is 0 Å². The van der Waals surface area contributed by atoms with Gasteiger partial charge in [0.05, 0.1) is 13.2 Å². The van der Waals surface area contributed by atoms with Gasteiger partial charge in [0.15, 0.2) is 5.72 Å². The van der Waals surface area contributed by atoms with E-state index in [1.165, 1.54) is 0 Å². The SMILES string of the molecule is CC1C2COC3C(C(C)(C)C)COC23N1C. The molecule has 0 N–H and O–H groups in total. The summed E-state index contributed by atoms with van der Waals surface area (Å²) in [4.78, 5) is 2.38. The highest BCUT2D eigenvalue weighted by atomic mass is 16.6. The summed E-state index contributed by atoms with van der Waals surface area (Å²) in [7, 11) is 2.17. The van der Waals surface area contributed by atoms with E-state index >= 15 is 0 Å². The van der Waals surface area contributed by atoms with Gasteiger partial charge in [0.1, 0.15) is 6.10 Å². The zero-order chi connectivity index (χ0) is 11.7. The molecule has 3 saturated heterocycles. The Labute approximate surface area is 98.1 Å². The van der Waals surface area contributed by atoms with Crippen molar-refractivity contribution in [3.05, 3.63) is 0 Å². The molecule has 3 fully saturated rings. The van der Waals surface area contributed by atoms with Gasteiger partial charge in [0, 0.05) is 17.9 Å². The lowest BCUT2D eigenvalue weighted by molar-refractivity contribution is -0.244. The highest BCUT2D eigenvalue weighted by molar-refractivity contribution is 5.16. The van der Waals surface area contributed by atoms with Gasteiger partial charge >= 0.3 is 0 Å². The normalized spacial score (nSPS) is 52.3. The van der Waals surface area contributed by atoms with Crippen LogP contribution >= 0.6 is 0 Å². The van der Waals surface area contributed by atoms with E-state index in [9.17, 15) is 0 Å². The van der Waals surface area contributed by atoms with Crippen molar-refractivity contribution >= 4 is 0 Å². The summed E-state index contributed by atoms with van der Waals surface area (Å²) in [6.07, 6.45) is 0.277. The molecule has 3 heteroatoms. The van der Waals surface area contributed by atoms with Gasteiger partial charge in [0.25, 0.3) is 0 Å². The predicted molar refractivity (Wildman–Crippen MR) is 62.1 cm³/mol. The Kier molecular flexibility index (Phi) is 2.07. The van der Waals surface area contributed by atoms with E-state index in [0.717, 1.165) is 13.2 Å². The Morgan fingerprint density at radius 3 is 2.56 bits per heavy atom. The van der Waals surface area contributed by atoms with Crippen LogP contribution in [0.2, 0.25) is 0 Å². The first kappa shape index (κ1) is 11.0. The van der Waals surface area contributed by atoms with Crippen molar-refractivity contribution in [3.8, 4) is 0 Å². The van der Waals surface area contributed by atoms with Crippen molar-refractivity contribution in [2.45, 2.75) is 45.6 Å². The fourth-order valence-corrected chi connectivity index (χ4v) is 3.82. The van der Waals surface area contributed by atoms with Crippen LogP contribution in [0, 0.1) is 17.3 Å². The Balaban J connectivity index is 1.91. The van der Waals surface area contributed by atoms with Crippen LogP contribution in [0.1, 0.15) is 27.7 Å². The van der Waals surface area contributed by atoms with E-state index in [-0.39, 0.29) is 17.2 Å². The lowest BCUT2D eigenvalue weighted by Gasteiger charge is -2.56. The standard InChI is InChI=1S/C13H23NO2/c1-8-9-6-15-11-10(12(2,3)4)7-16-13(9,11)14(8)5/h8-11H,6-7H2,1-5H3. The maximum Gasteiger partial charge on any atom is 0.154 e. The molecule has 0 aromatic rings. The number of hydrogen-bond acceptors (Lipinski definition) is 3. The Morgan fingerprint density at radius 1 is 1.25 bits per heavy atom. The lowest BCUT2D eigenvalue weighted by atomic mass is 9.70. The summed E-state index contributed by atoms with van der Waals surface area (Å²) in [6.45, 7) is 10.9. The minimum absolute atomic E-state index is 0.0859. The number of likely N-dealkylation sites (tertiary alicyclic amines) is 1. The van der Waals surface area contributed by atoms with E-state index in [2.05, 4.69) is 39.6 Å². The van der Waals surface area contributed by atoms with Crippen molar-refractivity contribution in [3.63, 3.8) is 0 Å². The molecule has 0 bridgehead atoms. The Bertz CT molecular complexity index is 312. The molecule has 0 aromatic carbocycles. The zero-order valence-corrected chi connectivity index (χ0v) is 11.0. The molecule has 0 radical (unpaired) electrons. The van der Waals surface area contributed by atoms with Crippen molar-refractivity contribution in [1.29, 1.82) is 0 Å². The molecule has 0 amide bonds. The Hall–Kier alpha value is -0.120. The third kappa shape index (κ3) is 1.05. The van der Waals surface area contributed by atoms with Crippen LogP contribution in [0.4, 0.5) is 0 Å². The van der Waals surface area contributed by atoms with E-state index in [1.54, 1.807) is 0 Å². The second kappa shape index (κ2) is 3.01. The topological polar surface area (TPSA) is 21.7 Å². The molecule has 0 aromatic heterocycles. The van der Waals surface area contributed by atoms with Crippen LogP contribution in [-0.2, 0) is 9.47 Å². The average molecular weight is 225 g/mol. The molecule has 3 nitrogen and oxygen atoms in total. The van der Waals surface area contributed by atoms with Crippen LogP contribution in [0.15, 0.2) is 0 Å². The van der Waals surface area contributed by atoms with E-state index in [4.69, 9.17) is 9.47 Å². The molecule has 5 unspecified atom stereocenters. The minimum Gasteiger partial charge on any atom is -0.373 e. The molecular weight excluding hydrogens is 202 g/mol. The summed E-state index contributed by atoms with van der Waals surface area (Å²) >= 11 is 0. The zero-order valence-electron chi connectivity index (χ0n) is 11.0. The molecule has 3 aliphatic rings. The van der Waals surface area contributed by atoms with Gasteiger partial charge in [-0.15, -0.1) is 0 Å². The fourth-order valence-electron chi connectivity index (χ4n) is 3.82. The van der Waals surface area contributed by atoms with Gasteiger partial charge in [0.2, 0.25) is 0 Å². The van der Waals surface area contributed by atoms with Crippen molar-refractivity contribution < 1.29 is 9.47 Å². The number of hydrogen-bond donors (Lipinski definition) is 0. The Morgan fingerprint density at radius 2 is 1.94 bits per heavy atom. The quantitative estimate of drug-likeness (QED) is 0.626. The maximum atomic E-state index is 6.19. The molecule has 3 rings (SSSR count). The predicted octanol–water partition coefficient (Wildman–Crippen LogP) is 1.72. The second-order valence-corrected chi connectivity index (χ2v) is 6.75. The van der Waals surface area contributed by atoms with Crippen molar-refractivity contribution in [2.75, 3.05) is 20.3 Å². The first-order valence-corrected chi connectivity index (χ1v) is 6.37. The molecule has 5 atom stereocenters. The van der Waals surface area contributed by atoms with Gasteiger partial charge < -0.3 is 9.47 Å². The largest absolute Gasteiger partial charge is 0.373 e. The monoisotopic (exact) mass is 225 g/mol. The highest BCUT2D eigenvalue weighted by Gasteiger charge is 2.71. The number of ether oxygens (including phenoxy) is 2. The number of nitrogens with zero attached hydrogens (tertiary/aromatic N) is 1. The number of rotatable bonds is 0. The van der Waals surface area contributed by atoms with Gasteiger partial charge in [-0.25, -0.2) is 0 Å². The van der Waals surface area contributed by atoms with Gasteiger partial charge in [-0.2, -0.15) is 0 Å². The fraction of sp³-hybridized carbons (Fsp3) is 1.00. The van der Waals surface area contributed by atoms with Crippen molar-refractivity contribution in [1.82, 2.24) is 4.90 Å². The molecular formula is C13H23NO2. The summed E-state index contributed by atoms with van der Waals surface area (Å²) in [5.74, 6) is 1.10. The third-order valence-corrected chi connectivity index (χ3v) is 5.11. The molecule has 0 aliphatic carbocycles.